The molecule has 23 heavy (non-hydrogen) atoms. The molecule has 0 aromatic heterocycles. The molecule has 0 amide bonds. The molecule has 0 unspecified atom stereocenters. The van der Waals surface area contributed by atoms with Gasteiger partial charge in [-0.2, -0.15) is 0 Å². The van der Waals surface area contributed by atoms with Gasteiger partial charge in [-0.05, 0) is 55.9 Å². The molecule has 114 valence electrons. The Bertz CT molecular complexity index is 925. The smallest absolute Gasteiger partial charge is 0.145 e. The third-order valence-corrected chi connectivity index (χ3v) is 5.46. The second-order valence-electron chi connectivity index (χ2n) is 6.53. The van der Waals surface area contributed by atoms with Crippen LogP contribution in [0, 0.1) is 5.82 Å². The van der Waals surface area contributed by atoms with Gasteiger partial charge in [0.2, 0.25) is 0 Å². The quantitative estimate of drug-likeness (QED) is 0.457. The van der Waals surface area contributed by atoms with E-state index in [1.165, 1.54) is 22.3 Å². The van der Waals surface area contributed by atoms with Gasteiger partial charge in [0.1, 0.15) is 5.82 Å². The molecule has 0 bridgehead atoms. The molecule has 0 spiro atoms. The fourth-order valence-electron chi connectivity index (χ4n) is 3.61. The number of hydrogen-bond donors (Lipinski definition) is 0. The average Bonchev–Trinajstić information content (AvgIpc) is 2.78. The van der Waals surface area contributed by atoms with E-state index in [9.17, 15) is 4.39 Å². The Hall–Kier alpha value is -1.93. The molecule has 0 radical (unpaired) electrons. The molecular formula is C21H16BrF. The molecule has 4 rings (SSSR count). The van der Waals surface area contributed by atoms with Gasteiger partial charge in [-0.3, -0.25) is 0 Å². The van der Waals surface area contributed by atoms with Crippen LogP contribution in [0.1, 0.15) is 25.0 Å². The summed E-state index contributed by atoms with van der Waals surface area (Å²) in [7, 11) is 0. The van der Waals surface area contributed by atoms with Crippen molar-refractivity contribution < 1.29 is 4.39 Å². The predicted octanol–water partition coefficient (Wildman–Crippen LogP) is 6.56. The zero-order valence-corrected chi connectivity index (χ0v) is 14.6. The lowest BCUT2D eigenvalue weighted by Gasteiger charge is -2.21. The van der Waals surface area contributed by atoms with E-state index in [0.29, 0.717) is 10.0 Å². The van der Waals surface area contributed by atoms with Crippen LogP contribution in [0.15, 0.2) is 65.1 Å². The van der Waals surface area contributed by atoms with E-state index in [1.54, 1.807) is 6.07 Å². The molecule has 1 aliphatic rings. The fraction of sp³-hybridized carbons (Fsp3) is 0.143. The van der Waals surface area contributed by atoms with E-state index in [4.69, 9.17) is 0 Å². The number of rotatable bonds is 1. The lowest BCUT2D eigenvalue weighted by Crippen LogP contribution is -2.14. The number of hydrogen-bond acceptors (Lipinski definition) is 0. The maximum Gasteiger partial charge on any atom is 0.145 e. The van der Waals surface area contributed by atoms with Gasteiger partial charge in [0.25, 0.3) is 0 Å². The first-order valence-electron chi connectivity index (χ1n) is 7.69. The largest absolute Gasteiger partial charge is 0.205 e. The van der Waals surface area contributed by atoms with Gasteiger partial charge in [0, 0.05) is 11.0 Å². The zero-order valence-electron chi connectivity index (χ0n) is 13.0. The summed E-state index contributed by atoms with van der Waals surface area (Å²) < 4.78 is 14.9. The van der Waals surface area contributed by atoms with E-state index in [1.807, 2.05) is 18.2 Å². The highest BCUT2D eigenvalue weighted by molar-refractivity contribution is 9.10. The van der Waals surface area contributed by atoms with Gasteiger partial charge in [-0.25, -0.2) is 4.39 Å². The van der Waals surface area contributed by atoms with Crippen LogP contribution in [0.2, 0.25) is 0 Å². The lowest BCUT2D eigenvalue weighted by molar-refractivity contribution is 0.624. The molecule has 0 N–H and O–H groups in total. The van der Waals surface area contributed by atoms with Crippen molar-refractivity contribution in [3.8, 4) is 22.3 Å². The third-order valence-electron chi connectivity index (χ3n) is 4.85. The highest BCUT2D eigenvalue weighted by Crippen LogP contribution is 2.49. The molecule has 0 nitrogen and oxygen atoms in total. The lowest BCUT2D eigenvalue weighted by atomic mass is 9.82. The minimum absolute atomic E-state index is 0.0136. The molecule has 0 saturated heterocycles. The standard InChI is InChI=1S/C21H16BrF/c1-21(2)17-8-4-3-6-15(17)16-12-13(10-11-18(16)21)14-7-5-9-19(22)20(14)23/h3-12H,1-2H3. The fourth-order valence-corrected chi connectivity index (χ4v) is 3.98. The van der Waals surface area contributed by atoms with Gasteiger partial charge in [-0.15, -0.1) is 0 Å². The second kappa shape index (κ2) is 5.04. The summed E-state index contributed by atoms with van der Waals surface area (Å²) >= 11 is 3.27. The predicted molar refractivity (Wildman–Crippen MR) is 97.1 cm³/mol. The monoisotopic (exact) mass is 366 g/mol. The van der Waals surface area contributed by atoms with Crippen molar-refractivity contribution in [3.05, 3.63) is 82.1 Å². The van der Waals surface area contributed by atoms with Crippen LogP contribution in [0.5, 0.6) is 0 Å². The SMILES string of the molecule is CC1(C)c2ccccc2-c2cc(-c3cccc(Br)c3F)ccc21. The number of halogens is 2. The summed E-state index contributed by atoms with van der Waals surface area (Å²) in [5.41, 5.74) is 6.63. The van der Waals surface area contributed by atoms with Gasteiger partial charge in [0.15, 0.2) is 0 Å². The van der Waals surface area contributed by atoms with Crippen molar-refractivity contribution >= 4 is 15.9 Å². The minimum atomic E-state index is -0.210. The Kier molecular flexibility index (Phi) is 3.21. The number of benzene rings is 3. The minimum Gasteiger partial charge on any atom is -0.205 e. The van der Waals surface area contributed by atoms with Crippen molar-refractivity contribution in [2.75, 3.05) is 0 Å². The van der Waals surface area contributed by atoms with Crippen molar-refractivity contribution in [3.63, 3.8) is 0 Å². The van der Waals surface area contributed by atoms with E-state index in [0.717, 1.165) is 5.56 Å². The Labute approximate surface area is 144 Å². The molecule has 3 aromatic rings. The van der Waals surface area contributed by atoms with Gasteiger partial charge >= 0.3 is 0 Å². The number of fused-ring (bicyclic) bond motifs is 3. The average molecular weight is 367 g/mol. The van der Waals surface area contributed by atoms with Crippen LogP contribution in [0.3, 0.4) is 0 Å². The molecule has 2 heteroatoms. The molecule has 1 aliphatic carbocycles. The Morgan fingerprint density at radius 1 is 0.783 bits per heavy atom. The molecular weight excluding hydrogens is 351 g/mol. The van der Waals surface area contributed by atoms with Gasteiger partial charge in [0.05, 0.1) is 4.47 Å². The van der Waals surface area contributed by atoms with Crippen molar-refractivity contribution in [2.24, 2.45) is 0 Å². The highest BCUT2D eigenvalue weighted by atomic mass is 79.9. The van der Waals surface area contributed by atoms with Crippen LogP contribution in [0.4, 0.5) is 4.39 Å². The van der Waals surface area contributed by atoms with Gasteiger partial charge in [-0.1, -0.05) is 62.4 Å². The highest BCUT2D eigenvalue weighted by Gasteiger charge is 2.35. The summed E-state index contributed by atoms with van der Waals surface area (Å²) in [5.74, 6) is -0.210. The maximum absolute atomic E-state index is 14.4. The second-order valence-corrected chi connectivity index (χ2v) is 7.39. The van der Waals surface area contributed by atoms with E-state index < -0.39 is 0 Å². The first kappa shape index (κ1) is 14.6. The van der Waals surface area contributed by atoms with E-state index in [2.05, 4.69) is 66.2 Å². The summed E-state index contributed by atoms with van der Waals surface area (Å²) in [4.78, 5) is 0. The van der Waals surface area contributed by atoms with Crippen LogP contribution in [0.25, 0.3) is 22.3 Å². The Morgan fingerprint density at radius 3 is 2.30 bits per heavy atom. The molecule has 0 heterocycles. The zero-order chi connectivity index (χ0) is 16.2. The normalized spacial score (nSPS) is 14.4. The molecule has 3 aromatic carbocycles. The van der Waals surface area contributed by atoms with Crippen LogP contribution in [-0.4, -0.2) is 0 Å². The summed E-state index contributed by atoms with van der Waals surface area (Å²) in [6.45, 7) is 4.49. The summed E-state index contributed by atoms with van der Waals surface area (Å²) in [6, 6.07) is 20.2. The van der Waals surface area contributed by atoms with Gasteiger partial charge < -0.3 is 0 Å². The van der Waals surface area contributed by atoms with Crippen LogP contribution >= 0.6 is 15.9 Å². The topological polar surface area (TPSA) is 0 Å². The molecule has 0 saturated carbocycles. The molecule has 0 fully saturated rings. The van der Waals surface area contributed by atoms with Crippen molar-refractivity contribution in [1.29, 1.82) is 0 Å². The van der Waals surface area contributed by atoms with Crippen LogP contribution in [-0.2, 0) is 5.41 Å². The van der Waals surface area contributed by atoms with E-state index in [-0.39, 0.29) is 11.2 Å². The summed E-state index contributed by atoms with van der Waals surface area (Å²) in [6.07, 6.45) is 0. The summed E-state index contributed by atoms with van der Waals surface area (Å²) in [5, 5.41) is 0. The Balaban J connectivity index is 1.96. The van der Waals surface area contributed by atoms with Crippen molar-refractivity contribution in [1.82, 2.24) is 0 Å². The molecule has 0 atom stereocenters. The third kappa shape index (κ3) is 2.08. The Morgan fingerprint density at radius 2 is 1.48 bits per heavy atom. The first-order valence-corrected chi connectivity index (χ1v) is 8.48. The first-order chi connectivity index (χ1) is 11.0. The van der Waals surface area contributed by atoms with Crippen LogP contribution < -0.4 is 0 Å². The maximum atomic E-state index is 14.4. The van der Waals surface area contributed by atoms with Crippen molar-refractivity contribution in [2.45, 2.75) is 19.3 Å². The molecule has 0 aliphatic heterocycles. The van der Waals surface area contributed by atoms with E-state index >= 15 is 0 Å².